The third kappa shape index (κ3) is 3.60. The first kappa shape index (κ1) is 28.4. The first-order valence-corrected chi connectivity index (χ1v) is 17.8. The van der Waals surface area contributed by atoms with Crippen LogP contribution in [0.25, 0.3) is 33.4 Å². The monoisotopic (exact) mass is 648 g/mol. The molecule has 1 nitrogen and oxygen atoms in total. The number of hydrogen-bond donors (Lipinski definition) is 0. The lowest BCUT2D eigenvalue weighted by molar-refractivity contribution is 0.435. The van der Waals surface area contributed by atoms with Crippen molar-refractivity contribution in [1.82, 2.24) is 0 Å². The first-order chi connectivity index (χ1) is 25.3. The molecule has 11 rings (SSSR count). The zero-order valence-electron chi connectivity index (χ0n) is 27.9. The van der Waals surface area contributed by atoms with Crippen molar-refractivity contribution in [1.29, 1.82) is 0 Å². The predicted molar refractivity (Wildman–Crippen MR) is 207 cm³/mol. The summed E-state index contributed by atoms with van der Waals surface area (Å²) in [5.74, 6) is 1.77. The van der Waals surface area contributed by atoms with Gasteiger partial charge in [-0.2, -0.15) is 0 Å². The number of fused-ring (bicyclic) bond motifs is 12. The lowest BCUT2D eigenvalue weighted by atomic mass is 9.62. The number of hydrogen-bond acceptors (Lipinski definition) is 1. The van der Waals surface area contributed by atoms with Crippen LogP contribution >= 0.6 is 0 Å². The third-order valence-electron chi connectivity index (χ3n) is 11.6. The van der Waals surface area contributed by atoms with E-state index in [9.17, 15) is 0 Å². The van der Waals surface area contributed by atoms with Crippen LogP contribution in [0.4, 0.5) is 0 Å². The summed E-state index contributed by atoms with van der Waals surface area (Å²) in [6, 6.07) is 71.3. The van der Waals surface area contributed by atoms with Crippen LogP contribution in [0.15, 0.2) is 194 Å². The number of ether oxygens (including phenoxy) is 1. The van der Waals surface area contributed by atoms with E-state index in [1.54, 1.807) is 0 Å². The SMILES string of the molecule is c1ccc(C2(c3ccccc3)c3ccccc3Oc3cccc(-c4ccc5c(c4)-c4ccccc4C54c5ccccc5-c5ccccc54)c32)cc1. The van der Waals surface area contributed by atoms with Gasteiger partial charge in [0, 0.05) is 11.1 Å². The maximum Gasteiger partial charge on any atom is 0.132 e. The molecule has 51 heavy (non-hydrogen) atoms. The van der Waals surface area contributed by atoms with Crippen molar-refractivity contribution < 1.29 is 4.74 Å². The molecule has 0 aromatic heterocycles. The van der Waals surface area contributed by atoms with E-state index >= 15 is 0 Å². The van der Waals surface area contributed by atoms with E-state index in [4.69, 9.17) is 4.74 Å². The summed E-state index contributed by atoms with van der Waals surface area (Å²) in [5, 5.41) is 0. The van der Waals surface area contributed by atoms with Gasteiger partial charge in [-0.1, -0.05) is 176 Å². The maximum atomic E-state index is 6.84. The van der Waals surface area contributed by atoms with E-state index < -0.39 is 5.41 Å². The average molecular weight is 649 g/mol. The van der Waals surface area contributed by atoms with Gasteiger partial charge in [0.15, 0.2) is 0 Å². The van der Waals surface area contributed by atoms with E-state index in [0.717, 1.165) is 17.1 Å². The maximum absolute atomic E-state index is 6.84. The predicted octanol–water partition coefficient (Wildman–Crippen LogP) is 12.2. The Bertz CT molecular complexity index is 2580. The Morgan fingerprint density at radius 3 is 1.35 bits per heavy atom. The fraction of sp³-hybridized carbons (Fsp3) is 0.0400. The molecule has 0 atom stereocenters. The standard InChI is InChI=1S/C50H32O/c1-3-16-34(17-4-1)49(35-18-5-2-6-19-35)45-27-13-14-28-46(45)51-47-29-15-23-36(48(47)49)33-30-31-44-40(32-33)39-22-9-12-26-43(39)50(44)41-24-10-7-20-37(41)38-21-8-11-25-42(38)50/h1-32H. The molecular formula is C50H32O. The Balaban J connectivity index is 1.22. The Morgan fingerprint density at radius 1 is 0.294 bits per heavy atom. The van der Waals surface area contributed by atoms with Gasteiger partial charge in [-0.3, -0.25) is 0 Å². The molecule has 1 spiro atoms. The second-order valence-corrected chi connectivity index (χ2v) is 13.9. The minimum Gasteiger partial charge on any atom is -0.457 e. The zero-order valence-corrected chi connectivity index (χ0v) is 27.9. The highest BCUT2D eigenvalue weighted by Gasteiger charge is 2.52. The van der Waals surface area contributed by atoms with Gasteiger partial charge in [-0.15, -0.1) is 0 Å². The number of rotatable bonds is 3. The molecule has 1 heteroatoms. The molecule has 3 aliphatic rings. The first-order valence-electron chi connectivity index (χ1n) is 17.8. The van der Waals surface area contributed by atoms with Crippen molar-refractivity contribution in [2.75, 3.05) is 0 Å². The van der Waals surface area contributed by atoms with Crippen LogP contribution < -0.4 is 4.74 Å². The molecule has 8 aromatic rings. The van der Waals surface area contributed by atoms with Crippen molar-refractivity contribution in [2.45, 2.75) is 10.8 Å². The number of benzene rings is 8. The minimum absolute atomic E-state index is 0.367. The van der Waals surface area contributed by atoms with E-state index in [1.807, 2.05) is 0 Å². The highest BCUT2D eigenvalue weighted by atomic mass is 16.5. The van der Waals surface area contributed by atoms with Crippen molar-refractivity contribution >= 4 is 0 Å². The third-order valence-corrected chi connectivity index (χ3v) is 11.6. The van der Waals surface area contributed by atoms with Crippen molar-refractivity contribution in [3.63, 3.8) is 0 Å². The molecule has 1 aliphatic heterocycles. The smallest absolute Gasteiger partial charge is 0.132 e. The molecule has 0 fully saturated rings. The summed E-state index contributed by atoms with van der Waals surface area (Å²) in [4.78, 5) is 0. The van der Waals surface area contributed by atoms with Gasteiger partial charge in [-0.05, 0) is 85.0 Å². The molecule has 1 heterocycles. The highest BCUT2D eigenvalue weighted by molar-refractivity contribution is 5.96. The van der Waals surface area contributed by atoms with Gasteiger partial charge in [-0.25, -0.2) is 0 Å². The van der Waals surface area contributed by atoms with Gasteiger partial charge in [0.2, 0.25) is 0 Å². The van der Waals surface area contributed by atoms with Crippen molar-refractivity contribution in [3.05, 3.63) is 239 Å². The molecule has 238 valence electrons. The molecule has 0 amide bonds. The van der Waals surface area contributed by atoms with E-state index in [2.05, 4.69) is 194 Å². The van der Waals surface area contributed by atoms with Gasteiger partial charge in [0.1, 0.15) is 11.5 Å². The highest BCUT2D eigenvalue weighted by Crippen LogP contribution is 2.64. The van der Waals surface area contributed by atoms with Crippen LogP contribution in [0.1, 0.15) is 44.5 Å². The summed E-state index contributed by atoms with van der Waals surface area (Å²) in [6.07, 6.45) is 0. The molecule has 0 bridgehead atoms. The molecule has 0 unspecified atom stereocenters. The van der Waals surface area contributed by atoms with Gasteiger partial charge >= 0.3 is 0 Å². The number of para-hydroxylation sites is 1. The second-order valence-electron chi connectivity index (χ2n) is 13.9. The van der Waals surface area contributed by atoms with Crippen LogP contribution in [-0.2, 0) is 10.8 Å². The molecule has 2 aliphatic carbocycles. The van der Waals surface area contributed by atoms with E-state index in [-0.39, 0.29) is 5.41 Å². The molecule has 8 aromatic carbocycles. The Labute approximate surface area is 298 Å². The second kappa shape index (κ2) is 10.5. The van der Waals surface area contributed by atoms with Gasteiger partial charge < -0.3 is 4.74 Å². The average Bonchev–Trinajstić information content (AvgIpc) is 3.67. The van der Waals surface area contributed by atoms with Crippen LogP contribution in [-0.4, -0.2) is 0 Å². The fourth-order valence-electron chi connectivity index (χ4n) is 9.77. The lowest BCUT2D eigenvalue weighted by Gasteiger charge is -2.42. The lowest BCUT2D eigenvalue weighted by Crippen LogP contribution is -2.34. The fourth-order valence-corrected chi connectivity index (χ4v) is 9.77. The Kier molecular flexibility index (Phi) is 5.86. The van der Waals surface area contributed by atoms with Gasteiger partial charge in [0.05, 0.1) is 10.8 Å². The molecule has 0 saturated heterocycles. The van der Waals surface area contributed by atoms with E-state index in [1.165, 1.54) is 72.3 Å². The molecule has 0 saturated carbocycles. The van der Waals surface area contributed by atoms with Gasteiger partial charge in [0.25, 0.3) is 0 Å². The molecular weight excluding hydrogens is 617 g/mol. The quantitative estimate of drug-likeness (QED) is 0.185. The van der Waals surface area contributed by atoms with Crippen LogP contribution in [0.5, 0.6) is 11.5 Å². The van der Waals surface area contributed by atoms with Crippen molar-refractivity contribution in [2.24, 2.45) is 0 Å². The van der Waals surface area contributed by atoms with E-state index in [0.29, 0.717) is 0 Å². The summed E-state index contributed by atoms with van der Waals surface area (Å²) in [7, 11) is 0. The van der Waals surface area contributed by atoms with Crippen LogP contribution in [0.3, 0.4) is 0 Å². The van der Waals surface area contributed by atoms with Crippen LogP contribution in [0, 0.1) is 0 Å². The summed E-state index contributed by atoms with van der Waals surface area (Å²) < 4.78 is 6.84. The van der Waals surface area contributed by atoms with Crippen LogP contribution in [0.2, 0.25) is 0 Å². The summed E-state index contributed by atoms with van der Waals surface area (Å²) in [5.41, 5.74) is 16.8. The Hall–Kier alpha value is -6.44. The summed E-state index contributed by atoms with van der Waals surface area (Å²) in [6.45, 7) is 0. The normalized spacial score (nSPS) is 14.7. The summed E-state index contributed by atoms with van der Waals surface area (Å²) >= 11 is 0. The largest absolute Gasteiger partial charge is 0.457 e. The van der Waals surface area contributed by atoms with Crippen molar-refractivity contribution in [3.8, 4) is 44.9 Å². The minimum atomic E-state index is -0.606. The Morgan fingerprint density at radius 2 is 0.745 bits per heavy atom. The topological polar surface area (TPSA) is 9.23 Å². The molecule has 0 N–H and O–H groups in total. The zero-order chi connectivity index (χ0) is 33.6. The molecule has 0 radical (unpaired) electrons.